The first kappa shape index (κ1) is 21.9. The van der Waals surface area contributed by atoms with Crippen molar-refractivity contribution in [2.45, 2.75) is 44.8 Å². The number of hydrogen-bond acceptors (Lipinski definition) is 3. The molecule has 2 aromatic rings. The SMILES string of the molecule is Cc1ncn(C)c1NC(=O)[C@@H]1CCC[C@H](N(C)C(=O)c2cccc(C(F)(F)F)c2)C1. The Balaban J connectivity index is 1.69. The second kappa shape index (κ2) is 8.49. The van der Waals surface area contributed by atoms with E-state index < -0.39 is 17.6 Å². The Morgan fingerprint density at radius 3 is 2.63 bits per heavy atom. The number of nitrogens with zero attached hydrogens (tertiary/aromatic N) is 3. The van der Waals surface area contributed by atoms with Crippen LogP contribution in [0.4, 0.5) is 19.0 Å². The Bertz CT molecular complexity index is 919. The summed E-state index contributed by atoms with van der Waals surface area (Å²) in [6.07, 6.45) is -0.263. The average Bonchev–Trinajstić information content (AvgIpc) is 3.04. The Morgan fingerprint density at radius 1 is 1.27 bits per heavy atom. The standard InChI is InChI=1S/C21H25F3N4O2/c1-13-18(27(2)12-25-13)26-19(29)14-6-5-9-17(11-14)28(3)20(30)15-7-4-8-16(10-15)21(22,23)24/h4,7-8,10,12,14,17H,5-6,9,11H2,1-3H3,(H,26,29)/t14-,17+/m1/s1. The minimum absolute atomic E-state index is 0.00981. The molecular formula is C21H25F3N4O2. The molecule has 0 bridgehead atoms. The number of aromatic nitrogens is 2. The van der Waals surface area contributed by atoms with Crippen molar-refractivity contribution in [2.24, 2.45) is 13.0 Å². The first-order valence-corrected chi connectivity index (χ1v) is 9.81. The molecule has 0 spiro atoms. The Hall–Kier alpha value is -2.84. The van der Waals surface area contributed by atoms with Gasteiger partial charge in [0.25, 0.3) is 5.91 Å². The van der Waals surface area contributed by atoms with Gasteiger partial charge in [-0.05, 0) is 44.4 Å². The molecule has 0 unspecified atom stereocenters. The number of carbonyl (C=O) groups is 2. The fourth-order valence-corrected chi connectivity index (χ4v) is 3.90. The molecule has 0 saturated heterocycles. The molecule has 1 heterocycles. The highest BCUT2D eigenvalue weighted by Crippen LogP contribution is 2.32. The number of hydrogen-bond donors (Lipinski definition) is 1. The van der Waals surface area contributed by atoms with Gasteiger partial charge >= 0.3 is 6.18 Å². The zero-order chi connectivity index (χ0) is 22.1. The summed E-state index contributed by atoms with van der Waals surface area (Å²) in [5, 5.41) is 2.91. The molecule has 1 aromatic carbocycles. The third-order valence-electron chi connectivity index (χ3n) is 5.68. The third-order valence-corrected chi connectivity index (χ3v) is 5.68. The second-order valence-electron chi connectivity index (χ2n) is 7.79. The van der Waals surface area contributed by atoms with Crippen molar-refractivity contribution in [1.29, 1.82) is 0 Å². The summed E-state index contributed by atoms with van der Waals surface area (Å²) in [5.74, 6) is -0.258. The van der Waals surface area contributed by atoms with Gasteiger partial charge in [-0.3, -0.25) is 9.59 Å². The number of carbonyl (C=O) groups excluding carboxylic acids is 2. The van der Waals surface area contributed by atoms with Crippen LogP contribution < -0.4 is 5.32 Å². The first-order valence-electron chi connectivity index (χ1n) is 9.81. The number of amides is 2. The van der Waals surface area contributed by atoms with Gasteiger partial charge in [0.1, 0.15) is 5.82 Å². The van der Waals surface area contributed by atoms with Crippen LogP contribution in [0.1, 0.15) is 47.3 Å². The van der Waals surface area contributed by atoms with Crippen LogP contribution in [0.15, 0.2) is 30.6 Å². The van der Waals surface area contributed by atoms with Gasteiger partial charge in [0.2, 0.25) is 5.91 Å². The van der Waals surface area contributed by atoms with Gasteiger partial charge in [0, 0.05) is 31.6 Å². The lowest BCUT2D eigenvalue weighted by Crippen LogP contribution is -2.42. The Kier molecular flexibility index (Phi) is 6.19. The number of alkyl halides is 3. The lowest BCUT2D eigenvalue weighted by molar-refractivity contribution is -0.137. The fraction of sp³-hybridized carbons (Fsp3) is 0.476. The minimum Gasteiger partial charge on any atom is -0.339 e. The number of halogens is 3. The van der Waals surface area contributed by atoms with E-state index in [4.69, 9.17) is 0 Å². The number of benzene rings is 1. The smallest absolute Gasteiger partial charge is 0.339 e. The number of rotatable bonds is 4. The predicted molar refractivity (Wildman–Crippen MR) is 106 cm³/mol. The van der Waals surface area contributed by atoms with Gasteiger partial charge in [-0.15, -0.1) is 0 Å². The molecule has 2 amide bonds. The van der Waals surface area contributed by atoms with E-state index in [1.807, 2.05) is 0 Å². The molecule has 6 nitrogen and oxygen atoms in total. The monoisotopic (exact) mass is 422 g/mol. The first-order chi connectivity index (χ1) is 14.1. The van der Waals surface area contributed by atoms with E-state index in [1.165, 1.54) is 17.0 Å². The molecule has 0 aliphatic heterocycles. The summed E-state index contributed by atoms with van der Waals surface area (Å²) >= 11 is 0. The van der Waals surface area contributed by atoms with E-state index in [0.717, 1.165) is 24.2 Å². The largest absolute Gasteiger partial charge is 0.416 e. The van der Waals surface area contributed by atoms with Crippen LogP contribution in [-0.4, -0.2) is 39.4 Å². The molecule has 1 aromatic heterocycles. The number of anilines is 1. The zero-order valence-electron chi connectivity index (χ0n) is 17.2. The minimum atomic E-state index is -4.51. The second-order valence-corrected chi connectivity index (χ2v) is 7.79. The van der Waals surface area contributed by atoms with E-state index in [2.05, 4.69) is 10.3 Å². The van der Waals surface area contributed by atoms with Crippen molar-refractivity contribution < 1.29 is 22.8 Å². The summed E-state index contributed by atoms with van der Waals surface area (Å²) in [5.41, 5.74) is -0.145. The summed E-state index contributed by atoms with van der Waals surface area (Å²) in [7, 11) is 3.37. The van der Waals surface area contributed by atoms with Crippen molar-refractivity contribution in [3.63, 3.8) is 0 Å². The van der Waals surface area contributed by atoms with Gasteiger partial charge in [-0.2, -0.15) is 13.2 Å². The Morgan fingerprint density at radius 2 is 2.00 bits per heavy atom. The van der Waals surface area contributed by atoms with E-state index >= 15 is 0 Å². The number of nitrogens with one attached hydrogen (secondary N) is 1. The average molecular weight is 422 g/mol. The van der Waals surface area contributed by atoms with Gasteiger partial charge in [-0.25, -0.2) is 4.98 Å². The Labute approximate surface area is 173 Å². The number of imidazole rings is 1. The summed E-state index contributed by atoms with van der Waals surface area (Å²) in [6.45, 7) is 1.81. The number of aryl methyl sites for hydroxylation is 2. The van der Waals surface area contributed by atoms with Crippen LogP contribution >= 0.6 is 0 Å². The van der Waals surface area contributed by atoms with Crippen LogP contribution in [0.3, 0.4) is 0 Å². The van der Waals surface area contributed by atoms with Crippen LogP contribution in [0.25, 0.3) is 0 Å². The molecular weight excluding hydrogens is 397 g/mol. The molecule has 2 atom stereocenters. The summed E-state index contributed by atoms with van der Waals surface area (Å²) < 4.78 is 40.6. The lowest BCUT2D eigenvalue weighted by Gasteiger charge is -2.35. The molecule has 3 rings (SSSR count). The molecule has 30 heavy (non-hydrogen) atoms. The predicted octanol–water partition coefficient (Wildman–Crippen LogP) is 4.02. The molecule has 1 fully saturated rings. The molecule has 1 N–H and O–H groups in total. The molecule has 162 valence electrons. The van der Waals surface area contributed by atoms with E-state index in [9.17, 15) is 22.8 Å². The van der Waals surface area contributed by atoms with Gasteiger partial charge < -0.3 is 14.8 Å². The maximum atomic E-state index is 13.0. The molecule has 1 aliphatic rings. The van der Waals surface area contributed by atoms with E-state index in [0.29, 0.717) is 25.1 Å². The fourth-order valence-electron chi connectivity index (χ4n) is 3.90. The highest BCUT2D eigenvalue weighted by atomic mass is 19.4. The van der Waals surface area contributed by atoms with E-state index in [1.54, 1.807) is 31.9 Å². The van der Waals surface area contributed by atoms with Crippen molar-refractivity contribution in [3.05, 3.63) is 47.4 Å². The van der Waals surface area contributed by atoms with Crippen LogP contribution in [-0.2, 0) is 18.0 Å². The summed E-state index contributed by atoms with van der Waals surface area (Å²) in [6, 6.07) is 4.21. The van der Waals surface area contributed by atoms with Gasteiger partial charge in [0.15, 0.2) is 0 Å². The van der Waals surface area contributed by atoms with Gasteiger partial charge in [0.05, 0.1) is 17.6 Å². The van der Waals surface area contributed by atoms with Gasteiger partial charge in [-0.1, -0.05) is 12.5 Å². The maximum Gasteiger partial charge on any atom is 0.416 e. The van der Waals surface area contributed by atoms with Crippen molar-refractivity contribution in [2.75, 3.05) is 12.4 Å². The van der Waals surface area contributed by atoms with Crippen LogP contribution in [0, 0.1) is 12.8 Å². The quantitative estimate of drug-likeness (QED) is 0.810. The molecule has 0 radical (unpaired) electrons. The normalized spacial score (nSPS) is 19.4. The highest BCUT2D eigenvalue weighted by Gasteiger charge is 2.34. The topological polar surface area (TPSA) is 67.2 Å². The van der Waals surface area contributed by atoms with Crippen molar-refractivity contribution >= 4 is 17.6 Å². The van der Waals surface area contributed by atoms with E-state index in [-0.39, 0.29) is 23.4 Å². The van der Waals surface area contributed by atoms with Crippen LogP contribution in [0.5, 0.6) is 0 Å². The van der Waals surface area contributed by atoms with Crippen molar-refractivity contribution in [1.82, 2.24) is 14.5 Å². The summed E-state index contributed by atoms with van der Waals surface area (Å²) in [4.78, 5) is 31.2. The lowest BCUT2D eigenvalue weighted by atomic mass is 9.84. The van der Waals surface area contributed by atoms with Crippen LogP contribution in [0.2, 0.25) is 0 Å². The van der Waals surface area contributed by atoms with Crippen molar-refractivity contribution in [3.8, 4) is 0 Å². The maximum absolute atomic E-state index is 13.0. The third kappa shape index (κ3) is 4.66. The zero-order valence-corrected chi connectivity index (χ0v) is 17.2. The molecule has 9 heteroatoms. The highest BCUT2D eigenvalue weighted by molar-refractivity contribution is 5.95. The molecule has 1 aliphatic carbocycles. The molecule has 1 saturated carbocycles.